The number of allylic oxidation sites excluding steroid dienone is 1. The van der Waals surface area contributed by atoms with Crippen LogP contribution in [0.25, 0.3) is 5.57 Å². The molecule has 88 valence electrons. The molecule has 0 radical (unpaired) electrons. The van der Waals surface area contributed by atoms with Gasteiger partial charge in [0.1, 0.15) is 0 Å². The molecule has 1 rings (SSSR count). The molecule has 16 heavy (non-hydrogen) atoms. The maximum atomic E-state index is 10.00. The van der Waals surface area contributed by atoms with Crippen LogP contribution in [0.15, 0.2) is 6.58 Å². The zero-order valence-electron chi connectivity index (χ0n) is 9.92. The van der Waals surface area contributed by atoms with Crippen molar-refractivity contribution in [2.75, 3.05) is 14.2 Å². The van der Waals surface area contributed by atoms with Gasteiger partial charge < -0.3 is 19.7 Å². The molecule has 0 unspecified atom stereocenters. The Hall–Kier alpha value is -1.84. The number of benzene rings is 1. The van der Waals surface area contributed by atoms with E-state index in [4.69, 9.17) is 9.47 Å². The first-order valence-corrected chi connectivity index (χ1v) is 4.78. The van der Waals surface area contributed by atoms with E-state index < -0.39 is 0 Å². The molecule has 0 saturated heterocycles. The first-order chi connectivity index (χ1) is 7.45. The summed E-state index contributed by atoms with van der Waals surface area (Å²) in [6, 6.07) is 0. The topological polar surface area (TPSA) is 58.9 Å². The van der Waals surface area contributed by atoms with Gasteiger partial charge in [-0.15, -0.1) is 0 Å². The van der Waals surface area contributed by atoms with Gasteiger partial charge in [0.05, 0.1) is 14.2 Å². The molecule has 0 fully saturated rings. The number of methoxy groups -OCH3 is 2. The van der Waals surface area contributed by atoms with Crippen molar-refractivity contribution in [2.45, 2.75) is 13.8 Å². The number of hydrogen-bond donors (Lipinski definition) is 2. The highest BCUT2D eigenvalue weighted by atomic mass is 16.5. The Bertz CT molecular complexity index is 435. The Balaban J connectivity index is 3.69. The van der Waals surface area contributed by atoms with Crippen LogP contribution in [0, 0.1) is 6.92 Å². The second-order valence-corrected chi connectivity index (χ2v) is 3.54. The first kappa shape index (κ1) is 12.2. The molecule has 0 aliphatic heterocycles. The minimum atomic E-state index is -0.0675. The fourth-order valence-electron chi connectivity index (χ4n) is 1.70. The van der Waals surface area contributed by atoms with Crippen LogP contribution in [0.3, 0.4) is 0 Å². The third-order valence-corrected chi connectivity index (χ3v) is 2.44. The van der Waals surface area contributed by atoms with Gasteiger partial charge in [-0.2, -0.15) is 0 Å². The molecule has 0 atom stereocenters. The molecule has 2 N–H and O–H groups in total. The maximum absolute atomic E-state index is 10.00. The lowest BCUT2D eigenvalue weighted by atomic mass is 9.99. The summed E-state index contributed by atoms with van der Waals surface area (Å²) in [5, 5.41) is 19.9. The zero-order valence-corrected chi connectivity index (χ0v) is 9.92. The predicted octanol–water partition coefficient (Wildman–Crippen LogP) is 2.46. The highest BCUT2D eigenvalue weighted by molar-refractivity contribution is 5.78. The minimum absolute atomic E-state index is 0.0462. The maximum Gasteiger partial charge on any atom is 0.207 e. The largest absolute Gasteiger partial charge is 0.504 e. The van der Waals surface area contributed by atoms with Crippen molar-refractivity contribution in [1.29, 1.82) is 0 Å². The van der Waals surface area contributed by atoms with Gasteiger partial charge in [-0.05, 0) is 19.4 Å². The fraction of sp³-hybridized carbons (Fsp3) is 0.333. The molecular formula is C12H16O4. The van der Waals surface area contributed by atoms with E-state index in [1.165, 1.54) is 14.2 Å². The van der Waals surface area contributed by atoms with Crippen LogP contribution in [0.5, 0.6) is 23.0 Å². The van der Waals surface area contributed by atoms with Crippen molar-refractivity contribution in [3.05, 3.63) is 17.7 Å². The van der Waals surface area contributed by atoms with Crippen LogP contribution >= 0.6 is 0 Å². The predicted molar refractivity (Wildman–Crippen MR) is 62.3 cm³/mol. The molecule has 0 aliphatic rings. The number of aromatic hydroxyl groups is 2. The molecule has 4 nitrogen and oxygen atoms in total. The van der Waals surface area contributed by atoms with Crippen LogP contribution in [-0.4, -0.2) is 24.4 Å². The molecule has 4 heteroatoms. The second kappa shape index (κ2) is 4.35. The van der Waals surface area contributed by atoms with E-state index >= 15 is 0 Å². The average Bonchev–Trinajstić information content (AvgIpc) is 2.22. The third-order valence-electron chi connectivity index (χ3n) is 2.44. The summed E-state index contributed by atoms with van der Waals surface area (Å²) in [7, 11) is 2.80. The summed E-state index contributed by atoms with van der Waals surface area (Å²) in [6.45, 7) is 7.18. The van der Waals surface area contributed by atoms with E-state index in [0.29, 0.717) is 16.7 Å². The van der Waals surface area contributed by atoms with Crippen molar-refractivity contribution in [3.8, 4) is 23.0 Å². The summed E-state index contributed by atoms with van der Waals surface area (Å²) in [5.74, 6) is 0.128. The van der Waals surface area contributed by atoms with Gasteiger partial charge in [-0.1, -0.05) is 6.58 Å². The van der Waals surface area contributed by atoms with E-state index in [1.807, 2.05) is 0 Å². The van der Waals surface area contributed by atoms with E-state index in [-0.39, 0.29) is 23.0 Å². The van der Waals surface area contributed by atoms with E-state index in [0.717, 1.165) is 0 Å². The first-order valence-electron chi connectivity index (χ1n) is 4.78. The monoisotopic (exact) mass is 224 g/mol. The highest BCUT2D eigenvalue weighted by Crippen LogP contribution is 2.49. The van der Waals surface area contributed by atoms with Crippen molar-refractivity contribution < 1.29 is 19.7 Å². The smallest absolute Gasteiger partial charge is 0.207 e. The number of ether oxygens (including phenoxy) is 2. The number of phenols is 2. The molecule has 0 amide bonds. The number of phenolic OH excluding ortho intramolecular Hbond substituents is 2. The van der Waals surface area contributed by atoms with Gasteiger partial charge >= 0.3 is 0 Å². The number of hydrogen-bond acceptors (Lipinski definition) is 4. The normalized spacial score (nSPS) is 10.0. The van der Waals surface area contributed by atoms with E-state index in [1.54, 1.807) is 13.8 Å². The lowest BCUT2D eigenvalue weighted by Crippen LogP contribution is -1.97. The Kier molecular flexibility index (Phi) is 3.32. The lowest BCUT2D eigenvalue weighted by molar-refractivity contribution is 0.315. The van der Waals surface area contributed by atoms with Gasteiger partial charge in [0.15, 0.2) is 11.5 Å². The lowest BCUT2D eigenvalue weighted by Gasteiger charge is -2.17. The molecule has 1 aromatic carbocycles. The molecule has 0 spiro atoms. The standard InChI is InChI=1S/C12H16O4/c1-6(2)8-7(3)9(13)11(15-4)12(16-5)10(8)14/h13-14H,1H2,2-5H3. The summed E-state index contributed by atoms with van der Waals surface area (Å²) in [4.78, 5) is 0. The van der Waals surface area contributed by atoms with Crippen molar-refractivity contribution in [2.24, 2.45) is 0 Å². The average molecular weight is 224 g/mol. The van der Waals surface area contributed by atoms with Crippen LogP contribution in [-0.2, 0) is 0 Å². The highest BCUT2D eigenvalue weighted by Gasteiger charge is 2.23. The molecule has 0 aliphatic carbocycles. The quantitative estimate of drug-likeness (QED) is 0.774. The Morgan fingerprint density at radius 2 is 1.50 bits per heavy atom. The van der Waals surface area contributed by atoms with Crippen LogP contribution < -0.4 is 9.47 Å². The van der Waals surface area contributed by atoms with Gasteiger partial charge in [-0.3, -0.25) is 0 Å². The Morgan fingerprint density at radius 3 is 1.88 bits per heavy atom. The third kappa shape index (κ3) is 1.66. The van der Waals surface area contributed by atoms with Gasteiger partial charge in [0.25, 0.3) is 0 Å². The van der Waals surface area contributed by atoms with Gasteiger partial charge in [0, 0.05) is 11.1 Å². The molecule has 0 saturated carbocycles. The second-order valence-electron chi connectivity index (χ2n) is 3.54. The Labute approximate surface area is 94.7 Å². The van der Waals surface area contributed by atoms with Crippen molar-refractivity contribution in [3.63, 3.8) is 0 Å². The minimum Gasteiger partial charge on any atom is -0.504 e. The molecule has 0 heterocycles. The number of rotatable bonds is 3. The van der Waals surface area contributed by atoms with Crippen LogP contribution in [0.1, 0.15) is 18.1 Å². The fourth-order valence-corrected chi connectivity index (χ4v) is 1.70. The molecule has 0 aromatic heterocycles. The summed E-state index contributed by atoms with van der Waals surface area (Å²) in [6.07, 6.45) is 0. The van der Waals surface area contributed by atoms with E-state index in [9.17, 15) is 10.2 Å². The SMILES string of the molecule is C=C(C)c1c(C)c(O)c(OC)c(OC)c1O. The summed E-state index contributed by atoms with van der Waals surface area (Å²) in [5.41, 5.74) is 1.64. The zero-order chi connectivity index (χ0) is 12.5. The van der Waals surface area contributed by atoms with Gasteiger partial charge in [0.2, 0.25) is 11.5 Å². The van der Waals surface area contributed by atoms with E-state index in [2.05, 4.69) is 6.58 Å². The van der Waals surface area contributed by atoms with Gasteiger partial charge in [-0.25, -0.2) is 0 Å². The summed E-state index contributed by atoms with van der Waals surface area (Å²) < 4.78 is 10.0. The van der Waals surface area contributed by atoms with Crippen molar-refractivity contribution in [1.82, 2.24) is 0 Å². The van der Waals surface area contributed by atoms with Crippen LogP contribution in [0.2, 0.25) is 0 Å². The van der Waals surface area contributed by atoms with Crippen LogP contribution in [0.4, 0.5) is 0 Å². The summed E-state index contributed by atoms with van der Waals surface area (Å²) >= 11 is 0. The molecule has 1 aromatic rings. The van der Waals surface area contributed by atoms with Crippen molar-refractivity contribution >= 4 is 5.57 Å². The molecular weight excluding hydrogens is 208 g/mol. The molecule has 0 bridgehead atoms. The Morgan fingerprint density at radius 1 is 1.06 bits per heavy atom.